The molecular weight excluding hydrogens is 316 g/mol. The van der Waals surface area contributed by atoms with Gasteiger partial charge in [0.15, 0.2) is 0 Å². The van der Waals surface area contributed by atoms with Gasteiger partial charge in [-0.15, -0.1) is 0 Å². The van der Waals surface area contributed by atoms with Crippen molar-refractivity contribution < 1.29 is 14.7 Å². The van der Waals surface area contributed by atoms with Gasteiger partial charge in [0.2, 0.25) is 5.91 Å². The first kappa shape index (κ1) is 17.2. The average Bonchev–Trinajstić information content (AvgIpc) is 3.37. The Balaban J connectivity index is 1.67. The Bertz CT molecular complexity index is 761. The van der Waals surface area contributed by atoms with Crippen LogP contribution in [0.15, 0.2) is 54.6 Å². The van der Waals surface area contributed by atoms with Crippen molar-refractivity contribution in [2.24, 2.45) is 11.8 Å². The standard InChI is InChI=1S/C20H22N2O3/c1-13-10-17(13)20(25)21-16-9-5-8-15(11-16)19(24)22-18(12-23)14-6-3-2-4-7-14/h2-9,11,13,17-18,23H,10,12H2,1H3,(H,21,25)(H,22,24). The highest BCUT2D eigenvalue weighted by molar-refractivity contribution is 5.98. The highest BCUT2D eigenvalue weighted by Crippen LogP contribution is 2.38. The number of carbonyl (C=O) groups is 2. The van der Waals surface area contributed by atoms with E-state index in [2.05, 4.69) is 10.6 Å². The van der Waals surface area contributed by atoms with Gasteiger partial charge in [-0.1, -0.05) is 43.3 Å². The Morgan fingerprint density at radius 2 is 1.88 bits per heavy atom. The number of hydrogen-bond acceptors (Lipinski definition) is 3. The first-order valence-electron chi connectivity index (χ1n) is 8.46. The molecular formula is C20H22N2O3. The van der Waals surface area contributed by atoms with Gasteiger partial charge in [0.25, 0.3) is 5.91 Å². The number of rotatable bonds is 6. The summed E-state index contributed by atoms with van der Waals surface area (Å²) in [7, 11) is 0. The largest absolute Gasteiger partial charge is 0.394 e. The lowest BCUT2D eigenvalue weighted by Gasteiger charge is -2.17. The highest BCUT2D eigenvalue weighted by atomic mass is 16.3. The van der Waals surface area contributed by atoms with Crippen molar-refractivity contribution in [3.63, 3.8) is 0 Å². The molecule has 0 aromatic heterocycles. The Hall–Kier alpha value is -2.66. The molecule has 0 radical (unpaired) electrons. The van der Waals surface area contributed by atoms with E-state index in [1.165, 1.54) is 0 Å². The van der Waals surface area contributed by atoms with E-state index < -0.39 is 6.04 Å². The van der Waals surface area contributed by atoms with Crippen molar-refractivity contribution in [2.75, 3.05) is 11.9 Å². The molecule has 0 saturated heterocycles. The van der Waals surface area contributed by atoms with Crippen LogP contribution in [0, 0.1) is 11.8 Å². The third-order valence-electron chi connectivity index (χ3n) is 4.53. The third kappa shape index (κ3) is 4.25. The van der Waals surface area contributed by atoms with Crippen LogP contribution in [0.3, 0.4) is 0 Å². The molecule has 1 saturated carbocycles. The summed E-state index contributed by atoms with van der Waals surface area (Å²) >= 11 is 0. The van der Waals surface area contributed by atoms with Gasteiger partial charge in [-0.3, -0.25) is 9.59 Å². The van der Waals surface area contributed by atoms with E-state index >= 15 is 0 Å². The van der Waals surface area contributed by atoms with Crippen LogP contribution in [-0.4, -0.2) is 23.5 Å². The van der Waals surface area contributed by atoms with E-state index in [9.17, 15) is 14.7 Å². The van der Waals surface area contributed by atoms with Crippen molar-refractivity contribution in [1.82, 2.24) is 5.32 Å². The summed E-state index contributed by atoms with van der Waals surface area (Å²) in [6, 6.07) is 15.7. The van der Waals surface area contributed by atoms with Gasteiger partial charge in [0, 0.05) is 17.2 Å². The summed E-state index contributed by atoms with van der Waals surface area (Å²) in [4.78, 5) is 24.5. The van der Waals surface area contributed by atoms with E-state index in [1.54, 1.807) is 24.3 Å². The van der Waals surface area contributed by atoms with Gasteiger partial charge >= 0.3 is 0 Å². The van der Waals surface area contributed by atoms with Crippen LogP contribution in [-0.2, 0) is 4.79 Å². The third-order valence-corrected chi connectivity index (χ3v) is 4.53. The minimum Gasteiger partial charge on any atom is -0.394 e. The Morgan fingerprint density at radius 3 is 2.52 bits per heavy atom. The van der Waals surface area contributed by atoms with Crippen LogP contribution in [0.4, 0.5) is 5.69 Å². The highest BCUT2D eigenvalue weighted by Gasteiger charge is 2.39. The molecule has 130 valence electrons. The maximum atomic E-state index is 12.5. The molecule has 5 nitrogen and oxygen atoms in total. The van der Waals surface area contributed by atoms with E-state index in [0.717, 1.165) is 12.0 Å². The van der Waals surface area contributed by atoms with Crippen LogP contribution >= 0.6 is 0 Å². The lowest BCUT2D eigenvalue weighted by molar-refractivity contribution is -0.117. The molecule has 0 aliphatic heterocycles. The minimum atomic E-state index is -0.473. The maximum Gasteiger partial charge on any atom is 0.251 e. The van der Waals surface area contributed by atoms with Gasteiger partial charge in [0.1, 0.15) is 0 Å². The summed E-state index contributed by atoms with van der Waals surface area (Å²) in [5, 5.41) is 15.3. The lowest BCUT2D eigenvalue weighted by atomic mass is 10.1. The Kier molecular flexibility index (Phi) is 5.14. The molecule has 0 bridgehead atoms. The van der Waals surface area contributed by atoms with Crippen molar-refractivity contribution in [3.8, 4) is 0 Å². The second-order valence-corrected chi connectivity index (χ2v) is 6.51. The van der Waals surface area contributed by atoms with Gasteiger partial charge in [0.05, 0.1) is 12.6 Å². The Labute approximate surface area is 147 Å². The number of hydrogen-bond donors (Lipinski definition) is 3. The first-order chi connectivity index (χ1) is 12.1. The van der Waals surface area contributed by atoms with Crippen LogP contribution in [0.2, 0.25) is 0 Å². The predicted molar refractivity (Wildman–Crippen MR) is 96.1 cm³/mol. The molecule has 25 heavy (non-hydrogen) atoms. The molecule has 3 unspecified atom stereocenters. The first-order valence-corrected chi connectivity index (χ1v) is 8.46. The van der Waals surface area contributed by atoms with Crippen LogP contribution < -0.4 is 10.6 Å². The fraction of sp³-hybridized carbons (Fsp3) is 0.300. The van der Waals surface area contributed by atoms with E-state index in [1.807, 2.05) is 37.3 Å². The normalized spacial score (nSPS) is 19.8. The zero-order chi connectivity index (χ0) is 17.8. The number of anilines is 1. The molecule has 1 aliphatic carbocycles. The molecule has 2 aromatic carbocycles. The quantitative estimate of drug-likeness (QED) is 0.758. The smallest absolute Gasteiger partial charge is 0.251 e. The van der Waals surface area contributed by atoms with Crippen LogP contribution in [0.25, 0.3) is 0 Å². The number of aliphatic hydroxyl groups is 1. The summed E-state index contributed by atoms with van der Waals surface area (Å²) < 4.78 is 0. The molecule has 0 spiro atoms. The zero-order valence-corrected chi connectivity index (χ0v) is 14.1. The number of benzene rings is 2. The molecule has 2 aromatic rings. The summed E-state index contributed by atoms with van der Waals surface area (Å²) in [6.45, 7) is 1.86. The predicted octanol–water partition coefficient (Wildman–Crippen LogP) is 2.74. The Morgan fingerprint density at radius 1 is 1.16 bits per heavy atom. The summed E-state index contributed by atoms with van der Waals surface area (Å²) in [5.74, 6) is 0.221. The number of carbonyl (C=O) groups excluding carboxylic acids is 2. The van der Waals surface area contributed by atoms with Crippen molar-refractivity contribution in [1.29, 1.82) is 0 Å². The average molecular weight is 338 g/mol. The van der Waals surface area contributed by atoms with E-state index in [4.69, 9.17) is 0 Å². The van der Waals surface area contributed by atoms with Crippen LogP contribution in [0.1, 0.15) is 35.3 Å². The SMILES string of the molecule is CC1CC1C(=O)Nc1cccc(C(=O)NC(CO)c2ccccc2)c1. The summed E-state index contributed by atoms with van der Waals surface area (Å²) in [6.07, 6.45) is 0.918. The zero-order valence-electron chi connectivity index (χ0n) is 14.1. The van der Waals surface area contributed by atoms with Gasteiger partial charge in [-0.05, 0) is 36.1 Å². The molecule has 0 heterocycles. The number of nitrogens with one attached hydrogen (secondary N) is 2. The molecule has 3 N–H and O–H groups in total. The van der Waals surface area contributed by atoms with Gasteiger partial charge in [-0.25, -0.2) is 0 Å². The molecule has 3 atom stereocenters. The monoisotopic (exact) mass is 338 g/mol. The van der Waals surface area contributed by atoms with Crippen molar-refractivity contribution in [3.05, 3.63) is 65.7 Å². The van der Waals surface area contributed by atoms with Crippen molar-refractivity contribution in [2.45, 2.75) is 19.4 Å². The molecule has 2 amide bonds. The number of amides is 2. The fourth-order valence-corrected chi connectivity index (χ4v) is 2.82. The summed E-state index contributed by atoms with van der Waals surface area (Å²) in [5.41, 5.74) is 1.89. The second-order valence-electron chi connectivity index (χ2n) is 6.51. The molecule has 1 aliphatic rings. The van der Waals surface area contributed by atoms with Crippen molar-refractivity contribution >= 4 is 17.5 Å². The molecule has 1 fully saturated rings. The van der Waals surface area contributed by atoms with Gasteiger partial charge < -0.3 is 15.7 Å². The fourth-order valence-electron chi connectivity index (χ4n) is 2.82. The molecule has 3 rings (SSSR count). The number of aliphatic hydroxyl groups excluding tert-OH is 1. The van der Waals surface area contributed by atoms with E-state index in [-0.39, 0.29) is 24.3 Å². The van der Waals surface area contributed by atoms with Crippen LogP contribution in [0.5, 0.6) is 0 Å². The maximum absolute atomic E-state index is 12.5. The lowest BCUT2D eigenvalue weighted by Crippen LogP contribution is -2.30. The van der Waals surface area contributed by atoms with Gasteiger partial charge in [-0.2, -0.15) is 0 Å². The topological polar surface area (TPSA) is 78.4 Å². The second kappa shape index (κ2) is 7.49. The minimum absolute atomic E-state index is 0.00239. The van der Waals surface area contributed by atoms with E-state index in [0.29, 0.717) is 17.2 Å². The molecule has 5 heteroatoms.